The van der Waals surface area contributed by atoms with Crippen LogP contribution in [-0.2, 0) is 0 Å². The van der Waals surface area contributed by atoms with Gasteiger partial charge in [0.15, 0.2) is 0 Å². The van der Waals surface area contributed by atoms with E-state index in [1.54, 1.807) is 30.6 Å². The maximum Gasteiger partial charge on any atom is 0.140 e. The van der Waals surface area contributed by atoms with E-state index in [1.165, 1.54) is 24.3 Å². The third-order valence-electron chi connectivity index (χ3n) is 3.38. The molecular formula is C22H17Br2F5N2. The fourth-order valence-corrected chi connectivity index (χ4v) is 2.55. The number of halogens is 7. The quantitative estimate of drug-likeness (QED) is 0.133. The first kappa shape index (κ1) is 26.4. The highest BCUT2D eigenvalue weighted by molar-refractivity contribution is 9.10. The fraction of sp³-hybridized carbons (Fsp3) is 0. The molecule has 0 fully saturated rings. The summed E-state index contributed by atoms with van der Waals surface area (Å²) in [6.07, 6.45) is 3.31. The van der Waals surface area contributed by atoms with Crippen LogP contribution in [0, 0.1) is 23.3 Å². The Hall–Kier alpha value is -2.65. The van der Waals surface area contributed by atoms with Crippen LogP contribution in [0.3, 0.4) is 0 Å². The molecule has 164 valence electrons. The van der Waals surface area contributed by atoms with Crippen LogP contribution in [0.15, 0.2) is 94.3 Å². The SMILES string of the molecule is Brc1ccccn1.F.Fc1ccc(-c2ccccn2)c(F)c1.Fc1ccc(Br)c(F)c1.[3HH]. The molecule has 31 heavy (non-hydrogen) atoms. The first-order chi connectivity index (χ1) is 14.4. The van der Waals surface area contributed by atoms with E-state index in [-0.39, 0.29) is 10.6 Å². The van der Waals surface area contributed by atoms with Crippen LogP contribution in [0.1, 0.15) is 1.43 Å². The minimum Gasteiger partial charge on any atom is -0.269 e. The molecule has 0 radical (unpaired) electrons. The Morgan fingerprint density at radius 3 is 1.65 bits per heavy atom. The van der Waals surface area contributed by atoms with E-state index in [4.69, 9.17) is 0 Å². The molecule has 2 nitrogen and oxygen atoms in total. The van der Waals surface area contributed by atoms with Gasteiger partial charge in [-0.25, -0.2) is 22.5 Å². The highest BCUT2D eigenvalue weighted by Gasteiger charge is 2.06. The summed E-state index contributed by atoms with van der Waals surface area (Å²) in [6.45, 7) is 0. The molecule has 0 aliphatic rings. The van der Waals surface area contributed by atoms with Crippen LogP contribution in [-0.4, -0.2) is 9.97 Å². The zero-order chi connectivity index (χ0) is 21.9. The monoisotopic (exact) mass is 564 g/mol. The average Bonchev–Trinajstić information content (AvgIpc) is 2.73. The highest BCUT2D eigenvalue weighted by Crippen LogP contribution is 2.20. The molecule has 2 aromatic heterocycles. The first-order valence-corrected chi connectivity index (χ1v) is 9.99. The van der Waals surface area contributed by atoms with Gasteiger partial charge in [-0.3, -0.25) is 9.69 Å². The number of nitrogens with zero attached hydrogens (tertiary/aromatic N) is 2. The van der Waals surface area contributed by atoms with Gasteiger partial charge in [0.05, 0.1) is 10.2 Å². The van der Waals surface area contributed by atoms with Crippen LogP contribution in [0.4, 0.5) is 22.3 Å². The third-order valence-corrected chi connectivity index (χ3v) is 4.49. The summed E-state index contributed by atoms with van der Waals surface area (Å²) in [5.74, 6) is -2.31. The van der Waals surface area contributed by atoms with Gasteiger partial charge in [-0.2, -0.15) is 0 Å². The van der Waals surface area contributed by atoms with Crippen molar-refractivity contribution in [3.8, 4) is 11.3 Å². The zero-order valence-electron chi connectivity index (χ0n) is 15.7. The Bertz CT molecular complexity index is 1070. The Labute approximate surface area is 194 Å². The largest absolute Gasteiger partial charge is 0.269 e. The summed E-state index contributed by atoms with van der Waals surface area (Å²) in [5, 5.41) is 0. The van der Waals surface area contributed by atoms with Gasteiger partial charge in [-0.05, 0) is 80.4 Å². The summed E-state index contributed by atoms with van der Waals surface area (Å²) < 4.78 is 51.4. The van der Waals surface area contributed by atoms with E-state index in [2.05, 4.69) is 41.8 Å². The lowest BCUT2D eigenvalue weighted by molar-refractivity contribution is 0.579. The maximum absolute atomic E-state index is 13.3. The van der Waals surface area contributed by atoms with Gasteiger partial charge in [0.1, 0.15) is 27.9 Å². The molecule has 0 saturated carbocycles. The zero-order valence-corrected chi connectivity index (χ0v) is 18.8. The van der Waals surface area contributed by atoms with E-state index in [0.717, 1.165) is 16.7 Å². The topological polar surface area (TPSA) is 25.8 Å². The maximum atomic E-state index is 13.3. The number of hydrogen-bond acceptors (Lipinski definition) is 2. The summed E-state index contributed by atoms with van der Waals surface area (Å²) in [5.41, 5.74) is 0.817. The fourth-order valence-electron chi connectivity index (χ4n) is 2.03. The molecule has 4 aromatic rings. The van der Waals surface area contributed by atoms with Gasteiger partial charge < -0.3 is 0 Å². The number of benzene rings is 2. The van der Waals surface area contributed by atoms with Crippen molar-refractivity contribution in [3.05, 3.63) is 118 Å². The van der Waals surface area contributed by atoms with E-state index >= 15 is 0 Å². The molecule has 2 aromatic carbocycles. The third kappa shape index (κ3) is 9.35. The van der Waals surface area contributed by atoms with Crippen molar-refractivity contribution in [2.75, 3.05) is 0 Å². The van der Waals surface area contributed by atoms with Crippen LogP contribution in [0.25, 0.3) is 11.3 Å². The molecule has 0 amide bonds. The minimum absolute atomic E-state index is 0. The number of hydrogen-bond donors (Lipinski definition) is 0. The van der Waals surface area contributed by atoms with Crippen LogP contribution < -0.4 is 0 Å². The summed E-state index contributed by atoms with van der Waals surface area (Å²) in [6, 6.07) is 17.7. The number of pyridine rings is 2. The molecule has 0 bridgehead atoms. The highest BCUT2D eigenvalue weighted by atomic mass is 79.9. The Morgan fingerprint density at radius 1 is 0.645 bits per heavy atom. The molecule has 0 saturated heterocycles. The van der Waals surface area contributed by atoms with Gasteiger partial charge in [-0.15, -0.1) is 0 Å². The van der Waals surface area contributed by atoms with Crippen molar-refractivity contribution < 1.29 is 23.7 Å². The number of aromatic nitrogens is 2. The summed E-state index contributed by atoms with van der Waals surface area (Å²) in [4.78, 5) is 7.87. The Balaban J connectivity index is 0.000000466. The van der Waals surface area contributed by atoms with Crippen LogP contribution >= 0.6 is 31.9 Å². The smallest absolute Gasteiger partial charge is 0.140 e. The number of rotatable bonds is 1. The van der Waals surface area contributed by atoms with Crippen molar-refractivity contribution in [2.24, 2.45) is 0 Å². The second kappa shape index (κ2) is 13.6. The lowest BCUT2D eigenvalue weighted by atomic mass is 10.1. The summed E-state index contributed by atoms with van der Waals surface area (Å²) >= 11 is 6.09. The molecule has 0 aliphatic carbocycles. The molecule has 0 unspecified atom stereocenters. The lowest BCUT2D eigenvalue weighted by Gasteiger charge is -2.01. The van der Waals surface area contributed by atoms with Gasteiger partial charge in [0, 0.05) is 31.5 Å². The predicted molar refractivity (Wildman–Crippen MR) is 120 cm³/mol. The van der Waals surface area contributed by atoms with Crippen molar-refractivity contribution >= 4 is 31.9 Å². The first-order valence-electron chi connectivity index (χ1n) is 8.40. The molecule has 0 atom stereocenters. The van der Waals surface area contributed by atoms with Crippen molar-refractivity contribution in [2.45, 2.75) is 0 Å². The van der Waals surface area contributed by atoms with Gasteiger partial charge in [-0.1, -0.05) is 12.1 Å². The standard InChI is InChI=1S/C11H7F2N.C6H3BrF2.C5H4BrN.FH.H2/c12-8-4-5-9(10(13)7-8)11-3-1-2-6-14-11;7-5-2-1-4(8)3-6(5)9;6-5-3-1-2-4-7-5;;/h1-7H;1-3H;1-4H;2*1H/i;;;;1+2. The summed E-state index contributed by atoms with van der Waals surface area (Å²) in [7, 11) is 0. The molecule has 9 heteroatoms. The lowest BCUT2D eigenvalue weighted by Crippen LogP contribution is -1.88. The minimum atomic E-state index is -0.594. The molecule has 0 aliphatic heterocycles. The molecular weight excluding hydrogens is 547 g/mol. The van der Waals surface area contributed by atoms with E-state index in [1.807, 2.05) is 18.2 Å². The molecule has 2 heterocycles. The van der Waals surface area contributed by atoms with Crippen LogP contribution in [0.5, 0.6) is 0 Å². The molecule has 0 spiro atoms. The van der Waals surface area contributed by atoms with E-state index in [0.29, 0.717) is 11.3 Å². The average molecular weight is 566 g/mol. The Morgan fingerprint density at radius 2 is 1.23 bits per heavy atom. The van der Waals surface area contributed by atoms with Crippen molar-refractivity contribution in [1.82, 2.24) is 9.97 Å². The van der Waals surface area contributed by atoms with E-state index in [9.17, 15) is 17.6 Å². The van der Waals surface area contributed by atoms with Gasteiger partial charge in [0.25, 0.3) is 0 Å². The van der Waals surface area contributed by atoms with Crippen molar-refractivity contribution in [1.29, 1.82) is 0 Å². The second-order valence-corrected chi connectivity index (χ2v) is 7.22. The van der Waals surface area contributed by atoms with Crippen molar-refractivity contribution in [3.63, 3.8) is 0 Å². The Kier molecular flexibility index (Phi) is 11.6. The van der Waals surface area contributed by atoms with Gasteiger partial charge in [0.2, 0.25) is 0 Å². The van der Waals surface area contributed by atoms with Gasteiger partial charge >= 0.3 is 0 Å². The van der Waals surface area contributed by atoms with E-state index < -0.39 is 23.3 Å². The second-order valence-electron chi connectivity index (χ2n) is 5.55. The molecule has 0 N–H and O–H groups in total. The molecule has 4 rings (SSSR count). The normalized spacial score (nSPS) is 9.35. The predicted octanol–water partition coefficient (Wildman–Crippen LogP) is 8.00. The van der Waals surface area contributed by atoms with Crippen LogP contribution in [0.2, 0.25) is 0 Å².